The molecule has 0 bridgehead atoms. The molecule has 0 radical (unpaired) electrons. The van der Waals surface area contributed by atoms with Crippen LogP contribution in [0.2, 0.25) is 0 Å². The van der Waals surface area contributed by atoms with Crippen molar-refractivity contribution in [3.05, 3.63) is 76.7 Å². The van der Waals surface area contributed by atoms with Crippen LogP contribution < -0.4 is 9.64 Å². The highest BCUT2D eigenvalue weighted by molar-refractivity contribution is 5.76. The highest BCUT2D eigenvalue weighted by atomic mass is 19.3. The number of amides is 1. The molecule has 1 N–H and O–H groups in total. The lowest BCUT2D eigenvalue weighted by Gasteiger charge is -2.39. The van der Waals surface area contributed by atoms with Crippen molar-refractivity contribution >= 4 is 17.9 Å². The third-order valence-corrected chi connectivity index (χ3v) is 9.29. The number of aliphatic carboxylic acids is 1. The summed E-state index contributed by atoms with van der Waals surface area (Å²) in [6, 6.07) is 13.5. The van der Waals surface area contributed by atoms with E-state index in [2.05, 4.69) is 0 Å². The number of benzene rings is 2. The van der Waals surface area contributed by atoms with Crippen molar-refractivity contribution in [3.8, 4) is 16.9 Å². The summed E-state index contributed by atoms with van der Waals surface area (Å²) in [5.74, 6) is -3.18. The molecule has 0 spiro atoms. The molecule has 1 aliphatic carbocycles. The number of hydrogen-bond acceptors (Lipinski definition) is 6. The van der Waals surface area contributed by atoms with Gasteiger partial charge in [0.1, 0.15) is 23.5 Å². The minimum atomic E-state index is -2.79. The van der Waals surface area contributed by atoms with Crippen LogP contribution in [0.1, 0.15) is 67.0 Å². The van der Waals surface area contributed by atoms with Gasteiger partial charge in [0.15, 0.2) is 0 Å². The third-order valence-electron chi connectivity index (χ3n) is 9.29. The number of aryl methyl sites for hydroxylation is 1. The van der Waals surface area contributed by atoms with Gasteiger partial charge in [-0.15, -0.1) is 0 Å². The average molecular weight is 624 g/mol. The normalized spacial score (nSPS) is 24.3. The molecule has 11 heteroatoms. The molecule has 3 aliphatic rings. The molecule has 1 aromatic heterocycles. The number of alkyl halides is 2. The molecule has 0 unspecified atom stereocenters. The van der Waals surface area contributed by atoms with Crippen LogP contribution in [0.15, 0.2) is 48.5 Å². The molecule has 2 aliphatic heterocycles. The Kier molecular flexibility index (Phi) is 8.13. The van der Waals surface area contributed by atoms with Gasteiger partial charge in [0.2, 0.25) is 0 Å². The number of cyclic esters (lactones) is 1. The first-order valence-corrected chi connectivity index (χ1v) is 15.2. The summed E-state index contributed by atoms with van der Waals surface area (Å²) in [4.78, 5) is 32.5. The van der Waals surface area contributed by atoms with Crippen LogP contribution in [0.4, 0.5) is 23.8 Å². The summed E-state index contributed by atoms with van der Waals surface area (Å²) in [6.45, 7) is 2.73. The molecule has 2 aromatic carbocycles. The first-order valence-electron chi connectivity index (χ1n) is 15.2. The molecular formula is C34H36F3N3O5. The van der Waals surface area contributed by atoms with Crippen molar-refractivity contribution in [1.29, 1.82) is 0 Å². The van der Waals surface area contributed by atoms with Crippen molar-refractivity contribution in [1.82, 2.24) is 9.88 Å². The molecule has 3 aromatic rings. The zero-order valence-electron chi connectivity index (χ0n) is 25.4. The Bertz CT molecular complexity index is 1600. The standard InChI is InChI=1S/C34H36F3N3O5/c1-19-12-24(14-25(35)13-19)31-20(2)40(33(43)45-31)16-28-26(9-11-30(38-28)39-17-34(36,37)18-39)27-15-23(8-10-29(27)44-3)21-4-6-22(7-5-21)32(41)42/h8-15,20-22,31H,4-7,16-18H2,1-3H3,(H,41,42)/t20-,21-,22-,31-/m0/s1. The number of pyridine rings is 1. The van der Waals surface area contributed by atoms with E-state index in [0.29, 0.717) is 46.8 Å². The fourth-order valence-corrected chi connectivity index (χ4v) is 6.82. The van der Waals surface area contributed by atoms with Crippen LogP contribution in [0.5, 0.6) is 5.75 Å². The molecule has 8 nitrogen and oxygen atoms in total. The Hall–Kier alpha value is -4.28. The first kappa shape index (κ1) is 30.7. The number of nitrogens with zero attached hydrogens (tertiary/aromatic N) is 3. The zero-order chi connectivity index (χ0) is 32.0. The number of carboxylic acid groups (broad SMARTS) is 1. The Morgan fingerprint density at radius 3 is 2.42 bits per heavy atom. The van der Waals surface area contributed by atoms with Crippen LogP contribution in [-0.2, 0) is 16.1 Å². The summed E-state index contributed by atoms with van der Waals surface area (Å²) in [7, 11) is 1.56. The summed E-state index contributed by atoms with van der Waals surface area (Å²) >= 11 is 0. The van der Waals surface area contributed by atoms with E-state index >= 15 is 0 Å². The predicted molar refractivity (Wildman–Crippen MR) is 161 cm³/mol. The number of aromatic nitrogens is 1. The largest absolute Gasteiger partial charge is 0.496 e. The van der Waals surface area contributed by atoms with Gasteiger partial charge in [0.05, 0.1) is 44.4 Å². The Morgan fingerprint density at radius 2 is 1.78 bits per heavy atom. The number of carbonyl (C=O) groups excluding carboxylic acids is 1. The fraction of sp³-hybridized carbons (Fsp3) is 0.441. The number of anilines is 1. The van der Waals surface area contributed by atoms with Gasteiger partial charge in [-0.1, -0.05) is 12.1 Å². The highest BCUT2D eigenvalue weighted by Crippen LogP contribution is 2.42. The number of methoxy groups -OCH3 is 1. The lowest BCUT2D eigenvalue weighted by Crippen LogP contribution is -2.56. The number of ether oxygens (including phenoxy) is 2. The van der Waals surface area contributed by atoms with Gasteiger partial charge in [0.25, 0.3) is 5.92 Å². The number of rotatable bonds is 8. The fourth-order valence-electron chi connectivity index (χ4n) is 6.82. The van der Waals surface area contributed by atoms with Crippen LogP contribution >= 0.6 is 0 Å². The van der Waals surface area contributed by atoms with Crippen LogP contribution in [0.3, 0.4) is 0 Å². The van der Waals surface area contributed by atoms with E-state index in [1.165, 1.54) is 21.9 Å². The Balaban J connectivity index is 1.35. The van der Waals surface area contributed by atoms with E-state index < -0.39 is 49.0 Å². The van der Waals surface area contributed by atoms with Gasteiger partial charge in [-0.3, -0.25) is 9.69 Å². The van der Waals surface area contributed by atoms with E-state index in [1.807, 2.05) is 31.2 Å². The number of carboxylic acids is 1. The van der Waals surface area contributed by atoms with Gasteiger partial charge in [-0.05, 0) is 98.5 Å². The molecule has 3 fully saturated rings. The Morgan fingerprint density at radius 1 is 1.04 bits per heavy atom. The molecule has 2 saturated heterocycles. The van der Waals surface area contributed by atoms with Crippen molar-refractivity contribution in [2.45, 2.75) is 70.1 Å². The van der Waals surface area contributed by atoms with Crippen LogP contribution in [0.25, 0.3) is 11.1 Å². The molecule has 3 heterocycles. The van der Waals surface area contributed by atoms with Gasteiger partial charge in [-0.2, -0.15) is 0 Å². The van der Waals surface area contributed by atoms with Crippen molar-refractivity contribution in [2.75, 3.05) is 25.1 Å². The van der Waals surface area contributed by atoms with E-state index in [-0.39, 0.29) is 18.4 Å². The Labute approximate surface area is 259 Å². The molecule has 1 amide bonds. The van der Waals surface area contributed by atoms with Crippen molar-refractivity contribution in [2.24, 2.45) is 5.92 Å². The SMILES string of the molecule is COc1ccc([C@H]2CC[C@H](C(=O)O)CC2)cc1-c1ccc(N2CC(F)(F)C2)nc1CN1C(=O)O[C@H](c2cc(C)cc(F)c2)[C@@H]1C. The number of carbonyl (C=O) groups is 2. The zero-order valence-corrected chi connectivity index (χ0v) is 25.4. The van der Waals surface area contributed by atoms with Gasteiger partial charge in [0, 0.05) is 11.1 Å². The summed E-state index contributed by atoms with van der Waals surface area (Å²) < 4.78 is 53.3. The van der Waals surface area contributed by atoms with Gasteiger partial charge >= 0.3 is 12.1 Å². The van der Waals surface area contributed by atoms with Gasteiger partial charge < -0.3 is 19.5 Å². The molecule has 6 rings (SSSR count). The maximum atomic E-state index is 14.2. The summed E-state index contributed by atoms with van der Waals surface area (Å²) in [6.07, 6.45) is 1.40. The lowest BCUT2D eigenvalue weighted by atomic mass is 9.78. The number of hydrogen-bond donors (Lipinski definition) is 1. The third kappa shape index (κ3) is 6.17. The van der Waals surface area contributed by atoms with Crippen molar-refractivity contribution in [3.63, 3.8) is 0 Å². The second-order valence-corrected chi connectivity index (χ2v) is 12.5. The second kappa shape index (κ2) is 11.9. The minimum absolute atomic E-state index is 0.0231. The summed E-state index contributed by atoms with van der Waals surface area (Å²) in [5, 5.41) is 9.44. The molecule has 2 atom stereocenters. The average Bonchev–Trinajstić information content (AvgIpc) is 3.27. The van der Waals surface area contributed by atoms with E-state index in [4.69, 9.17) is 14.5 Å². The maximum Gasteiger partial charge on any atom is 0.411 e. The van der Waals surface area contributed by atoms with E-state index in [1.54, 1.807) is 26.2 Å². The topological polar surface area (TPSA) is 92.2 Å². The molecule has 238 valence electrons. The van der Waals surface area contributed by atoms with E-state index in [9.17, 15) is 27.9 Å². The lowest BCUT2D eigenvalue weighted by molar-refractivity contribution is -0.142. The second-order valence-electron chi connectivity index (χ2n) is 12.5. The smallest absolute Gasteiger partial charge is 0.411 e. The maximum absolute atomic E-state index is 14.2. The molecule has 45 heavy (non-hydrogen) atoms. The van der Waals surface area contributed by atoms with E-state index in [0.717, 1.165) is 24.0 Å². The monoisotopic (exact) mass is 623 g/mol. The number of halogens is 3. The quantitative estimate of drug-likeness (QED) is 0.286. The highest BCUT2D eigenvalue weighted by Gasteiger charge is 2.45. The van der Waals surface area contributed by atoms with Crippen LogP contribution in [-0.4, -0.2) is 59.2 Å². The minimum Gasteiger partial charge on any atom is -0.496 e. The molecule has 1 saturated carbocycles. The summed E-state index contributed by atoms with van der Waals surface area (Å²) in [5.41, 5.74) is 4.19. The predicted octanol–water partition coefficient (Wildman–Crippen LogP) is 7.10. The van der Waals surface area contributed by atoms with Gasteiger partial charge in [-0.25, -0.2) is 22.9 Å². The first-order chi connectivity index (χ1) is 21.4. The van der Waals surface area contributed by atoms with Crippen molar-refractivity contribution < 1.29 is 37.3 Å². The molecular weight excluding hydrogens is 587 g/mol. The van der Waals surface area contributed by atoms with Crippen LogP contribution in [0, 0.1) is 18.7 Å².